The van der Waals surface area contributed by atoms with Crippen molar-refractivity contribution in [2.45, 2.75) is 77.3 Å². The van der Waals surface area contributed by atoms with E-state index in [2.05, 4.69) is 24.5 Å². The van der Waals surface area contributed by atoms with Gasteiger partial charge in [0, 0.05) is 13.1 Å². The predicted molar refractivity (Wildman–Crippen MR) is 83.5 cm³/mol. The lowest BCUT2D eigenvalue weighted by Crippen LogP contribution is -2.50. The zero-order valence-electron chi connectivity index (χ0n) is 13.5. The van der Waals surface area contributed by atoms with Gasteiger partial charge >= 0.3 is 0 Å². The van der Waals surface area contributed by atoms with E-state index in [4.69, 9.17) is 0 Å². The van der Waals surface area contributed by atoms with Crippen LogP contribution >= 0.6 is 0 Å². The van der Waals surface area contributed by atoms with Gasteiger partial charge in [0.05, 0.1) is 6.04 Å². The quantitative estimate of drug-likeness (QED) is 0.812. The Morgan fingerprint density at radius 2 is 1.80 bits per heavy atom. The normalized spacial score (nSPS) is 31.7. The van der Waals surface area contributed by atoms with E-state index in [-0.39, 0.29) is 11.9 Å². The van der Waals surface area contributed by atoms with Crippen molar-refractivity contribution in [1.82, 2.24) is 10.6 Å². The number of hydrogen-bond donors (Lipinski definition) is 2. The molecule has 116 valence electrons. The molecule has 2 aliphatic rings. The minimum atomic E-state index is -0.00913. The second-order valence-electron chi connectivity index (χ2n) is 7.28. The molecule has 2 N–H and O–H groups in total. The van der Waals surface area contributed by atoms with E-state index in [1.165, 1.54) is 44.9 Å². The molecule has 0 bridgehead atoms. The first-order valence-corrected chi connectivity index (χ1v) is 8.57. The van der Waals surface area contributed by atoms with Crippen molar-refractivity contribution in [1.29, 1.82) is 0 Å². The van der Waals surface area contributed by atoms with Crippen molar-refractivity contribution in [2.75, 3.05) is 7.05 Å². The Hall–Kier alpha value is -0.570. The summed E-state index contributed by atoms with van der Waals surface area (Å²) < 4.78 is 0. The molecule has 0 spiro atoms. The number of amides is 1. The zero-order valence-corrected chi connectivity index (χ0v) is 13.5. The molecule has 1 amide bonds. The van der Waals surface area contributed by atoms with Crippen molar-refractivity contribution in [2.24, 2.45) is 17.8 Å². The maximum atomic E-state index is 12.0. The van der Waals surface area contributed by atoms with Gasteiger partial charge in [-0.15, -0.1) is 0 Å². The van der Waals surface area contributed by atoms with Gasteiger partial charge in [0.25, 0.3) is 0 Å². The Balaban J connectivity index is 1.88. The summed E-state index contributed by atoms with van der Waals surface area (Å²) in [6.45, 7) is 4.38. The summed E-state index contributed by atoms with van der Waals surface area (Å²) >= 11 is 0. The van der Waals surface area contributed by atoms with Crippen LogP contribution in [0.1, 0.15) is 65.2 Å². The van der Waals surface area contributed by atoms with E-state index < -0.39 is 0 Å². The van der Waals surface area contributed by atoms with Crippen LogP contribution in [0.4, 0.5) is 0 Å². The fourth-order valence-corrected chi connectivity index (χ4v) is 4.21. The smallest absolute Gasteiger partial charge is 0.236 e. The first-order chi connectivity index (χ1) is 9.60. The first kappa shape index (κ1) is 15.8. The van der Waals surface area contributed by atoms with E-state index >= 15 is 0 Å². The second kappa shape index (κ2) is 7.44. The van der Waals surface area contributed by atoms with Crippen molar-refractivity contribution in [3.8, 4) is 0 Å². The maximum absolute atomic E-state index is 12.0. The van der Waals surface area contributed by atoms with Crippen LogP contribution in [0.15, 0.2) is 0 Å². The summed E-state index contributed by atoms with van der Waals surface area (Å²) in [5.41, 5.74) is 0. The van der Waals surface area contributed by atoms with Gasteiger partial charge in [-0.25, -0.2) is 0 Å². The Kier molecular flexibility index (Phi) is 5.88. The lowest BCUT2D eigenvalue weighted by molar-refractivity contribution is -0.123. The third-order valence-corrected chi connectivity index (χ3v) is 5.25. The molecule has 2 aliphatic carbocycles. The molecule has 0 saturated heterocycles. The fraction of sp³-hybridized carbons (Fsp3) is 0.941. The summed E-state index contributed by atoms with van der Waals surface area (Å²) in [5, 5.41) is 6.47. The Labute approximate surface area is 124 Å². The lowest BCUT2D eigenvalue weighted by atomic mass is 9.69. The summed E-state index contributed by atoms with van der Waals surface area (Å²) in [4.78, 5) is 12.0. The first-order valence-electron chi connectivity index (χ1n) is 8.57. The third-order valence-electron chi connectivity index (χ3n) is 5.25. The molecule has 2 saturated carbocycles. The average Bonchev–Trinajstić information content (AvgIpc) is 2.45. The number of carbonyl (C=O) groups is 1. The van der Waals surface area contributed by atoms with Crippen molar-refractivity contribution in [3.05, 3.63) is 0 Å². The molecule has 4 atom stereocenters. The number of carbonyl (C=O) groups excluding carboxylic acids is 1. The molecule has 0 heterocycles. The van der Waals surface area contributed by atoms with Gasteiger partial charge in [0.2, 0.25) is 5.91 Å². The molecular weight excluding hydrogens is 248 g/mol. The van der Waals surface area contributed by atoms with Crippen LogP contribution < -0.4 is 10.6 Å². The van der Waals surface area contributed by atoms with Gasteiger partial charge in [-0.05, 0) is 43.4 Å². The Morgan fingerprint density at radius 1 is 1.10 bits per heavy atom. The van der Waals surface area contributed by atoms with Crippen LogP contribution in [-0.2, 0) is 4.79 Å². The number of hydrogen-bond acceptors (Lipinski definition) is 2. The van der Waals surface area contributed by atoms with E-state index in [0.29, 0.717) is 12.0 Å². The van der Waals surface area contributed by atoms with Gasteiger partial charge in [0.15, 0.2) is 0 Å². The topological polar surface area (TPSA) is 41.1 Å². The predicted octanol–water partition coefficient (Wildman–Crippen LogP) is 3.10. The highest BCUT2D eigenvalue weighted by molar-refractivity contribution is 5.81. The molecule has 2 fully saturated rings. The average molecular weight is 280 g/mol. The molecule has 0 aromatic rings. The van der Waals surface area contributed by atoms with E-state index in [1.54, 1.807) is 7.05 Å². The third kappa shape index (κ3) is 4.21. The molecule has 0 aromatic heterocycles. The Bertz CT molecular complexity index is 316. The van der Waals surface area contributed by atoms with Crippen LogP contribution in [0.2, 0.25) is 0 Å². The highest BCUT2D eigenvalue weighted by Crippen LogP contribution is 2.40. The van der Waals surface area contributed by atoms with Crippen LogP contribution in [0.3, 0.4) is 0 Å². The van der Waals surface area contributed by atoms with Gasteiger partial charge in [-0.2, -0.15) is 0 Å². The second-order valence-corrected chi connectivity index (χ2v) is 7.28. The molecule has 3 heteroatoms. The van der Waals surface area contributed by atoms with E-state index in [9.17, 15) is 4.79 Å². The lowest BCUT2D eigenvalue weighted by Gasteiger charge is -2.40. The van der Waals surface area contributed by atoms with Crippen LogP contribution in [0.5, 0.6) is 0 Å². The van der Waals surface area contributed by atoms with Crippen LogP contribution in [0, 0.1) is 17.8 Å². The van der Waals surface area contributed by atoms with Crippen molar-refractivity contribution in [3.63, 3.8) is 0 Å². The molecule has 0 aliphatic heterocycles. The maximum Gasteiger partial charge on any atom is 0.236 e. The Morgan fingerprint density at radius 3 is 2.45 bits per heavy atom. The molecule has 20 heavy (non-hydrogen) atoms. The highest BCUT2D eigenvalue weighted by atomic mass is 16.2. The molecule has 4 unspecified atom stereocenters. The minimum Gasteiger partial charge on any atom is -0.358 e. The van der Waals surface area contributed by atoms with Gasteiger partial charge in [-0.3, -0.25) is 4.79 Å². The molecule has 0 aromatic carbocycles. The number of rotatable bonds is 5. The largest absolute Gasteiger partial charge is 0.358 e. The molecule has 2 rings (SSSR count). The number of nitrogens with one attached hydrogen (secondary N) is 2. The van der Waals surface area contributed by atoms with E-state index in [0.717, 1.165) is 18.3 Å². The molecule has 3 nitrogen and oxygen atoms in total. The van der Waals surface area contributed by atoms with Crippen LogP contribution in [-0.4, -0.2) is 25.0 Å². The van der Waals surface area contributed by atoms with Crippen LogP contribution in [0.25, 0.3) is 0 Å². The zero-order chi connectivity index (χ0) is 14.5. The van der Waals surface area contributed by atoms with Crippen molar-refractivity contribution < 1.29 is 4.79 Å². The monoisotopic (exact) mass is 280 g/mol. The van der Waals surface area contributed by atoms with Gasteiger partial charge in [0.1, 0.15) is 0 Å². The summed E-state index contributed by atoms with van der Waals surface area (Å²) in [5.74, 6) is 2.60. The molecule has 0 radical (unpaired) electrons. The highest BCUT2D eigenvalue weighted by Gasteiger charge is 2.33. The minimum absolute atomic E-state index is 0.00913. The summed E-state index contributed by atoms with van der Waals surface area (Å²) in [6.07, 6.45) is 10.6. The van der Waals surface area contributed by atoms with Gasteiger partial charge < -0.3 is 10.6 Å². The summed E-state index contributed by atoms with van der Waals surface area (Å²) in [6, 6.07) is 0.542. The van der Waals surface area contributed by atoms with E-state index in [1.807, 2.05) is 0 Å². The SMILES string of the molecule is CNC(=O)C(CC(C)C)NC1CCC2CCCCC2C1. The van der Waals surface area contributed by atoms with Gasteiger partial charge in [-0.1, -0.05) is 39.5 Å². The fourth-order valence-electron chi connectivity index (χ4n) is 4.21. The summed E-state index contributed by atoms with van der Waals surface area (Å²) in [7, 11) is 1.75. The van der Waals surface area contributed by atoms with Crippen molar-refractivity contribution >= 4 is 5.91 Å². The number of likely N-dealkylation sites (N-methyl/N-ethyl adjacent to an activating group) is 1. The number of fused-ring (bicyclic) bond motifs is 1. The standard InChI is InChI=1S/C17H32N2O/c1-12(2)10-16(17(20)18-3)19-15-9-8-13-6-4-5-7-14(13)11-15/h12-16,19H,4-11H2,1-3H3,(H,18,20). The molecular formula is C17H32N2O.